The minimum Gasteiger partial charge on any atom is -0.381 e. The molecule has 3 aromatic rings. The second-order valence-electron chi connectivity index (χ2n) is 7.01. The first kappa shape index (κ1) is 19.7. The van der Waals surface area contributed by atoms with E-state index in [2.05, 4.69) is 26.7 Å². The van der Waals surface area contributed by atoms with Crippen LogP contribution in [0, 0.1) is 0 Å². The Morgan fingerprint density at radius 1 is 1.10 bits per heavy atom. The van der Waals surface area contributed by atoms with Gasteiger partial charge in [-0.15, -0.1) is 0 Å². The largest absolute Gasteiger partial charge is 0.381 e. The van der Waals surface area contributed by atoms with Crippen LogP contribution < -0.4 is 15.8 Å². The number of nitrogens with two attached hydrogens (primary N) is 1. The molecule has 2 heterocycles. The summed E-state index contributed by atoms with van der Waals surface area (Å²) < 4.78 is 28.2. The van der Waals surface area contributed by atoms with E-state index in [1.165, 1.54) is 12.1 Å². The molecule has 4 rings (SSSR count). The van der Waals surface area contributed by atoms with Gasteiger partial charge in [0.15, 0.2) is 0 Å². The monoisotopic (exact) mass is 413 g/mol. The molecular formula is C20H23N5O3S. The van der Waals surface area contributed by atoms with E-state index in [1.54, 1.807) is 18.3 Å². The number of aromatic nitrogens is 2. The van der Waals surface area contributed by atoms with Crippen LogP contribution in [0.5, 0.6) is 0 Å². The van der Waals surface area contributed by atoms with Crippen molar-refractivity contribution in [3.05, 3.63) is 54.2 Å². The number of sulfonamides is 1. The number of hydrogen-bond donors (Lipinski definition) is 3. The molecule has 1 fully saturated rings. The van der Waals surface area contributed by atoms with Crippen LogP contribution in [0.25, 0.3) is 10.9 Å². The molecule has 2 aromatic carbocycles. The summed E-state index contributed by atoms with van der Waals surface area (Å²) in [5.41, 5.74) is 2.66. The number of hydrogen-bond acceptors (Lipinski definition) is 7. The van der Waals surface area contributed by atoms with Crippen molar-refractivity contribution < 1.29 is 13.2 Å². The van der Waals surface area contributed by atoms with Gasteiger partial charge in [-0.3, -0.25) is 0 Å². The van der Waals surface area contributed by atoms with Gasteiger partial charge < -0.3 is 15.4 Å². The highest BCUT2D eigenvalue weighted by atomic mass is 32.2. The third-order valence-electron chi connectivity index (χ3n) is 4.94. The second kappa shape index (κ2) is 8.42. The van der Waals surface area contributed by atoms with E-state index in [4.69, 9.17) is 9.88 Å². The van der Waals surface area contributed by atoms with Crippen molar-refractivity contribution in [2.75, 3.05) is 18.5 Å². The van der Waals surface area contributed by atoms with Crippen molar-refractivity contribution in [3.63, 3.8) is 0 Å². The highest BCUT2D eigenvalue weighted by molar-refractivity contribution is 7.89. The van der Waals surface area contributed by atoms with Crippen molar-refractivity contribution in [1.82, 2.24) is 15.3 Å². The normalized spacial score (nSPS) is 15.5. The number of ether oxygens (including phenoxy) is 1. The Labute approximate surface area is 169 Å². The van der Waals surface area contributed by atoms with Crippen molar-refractivity contribution in [2.24, 2.45) is 5.14 Å². The van der Waals surface area contributed by atoms with Crippen LogP contribution in [-0.4, -0.2) is 37.6 Å². The Hall–Kier alpha value is -2.59. The van der Waals surface area contributed by atoms with Crippen molar-refractivity contribution >= 4 is 32.6 Å². The lowest BCUT2D eigenvalue weighted by atomic mass is 10.1. The first-order valence-corrected chi connectivity index (χ1v) is 11.0. The quantitative estimate of drug-likeness (QED) is 0.567. The molecule has 0 aliphatic carbocycles. The minimum atomic E-state index is -3.72. The first-order chi connectivity index (χ1) is 14.0. The molecular weight excluding hydrogens is 390 g/mol. The summed E-state index contributed by atoms with van der Waals surface area (Å²) in [6.45, 7) is 2.32. The third-order valence-corrected chi connectivity index (χ3v) is 5.87. The van der Waals surface area contributed by atoms with E-state index >= 15 is 0 Å². The van der Waals surface area contributed by atoms with Gasteiger partial charge in [-0.2, -0.15) is 0 Å². The Bertz CT molecular complexity index is 1100. The SMILES string of the molecule is NS(=O)(=O)c1ccc(Nc2ncc3cccc(CNC4CCOCC4)c3n2)cc1. The number of para-hydroxylation sites is 1. The maximum atomic E-state index is 11.4. The highest BCUT2D eigenvalue weighted by Gasteiger charge is 2.14. The van der Waals surface area contributed by atoms with E-state index in [-0.39, 0.29) is 4.90 Å². The van der Waals surface area contributed by atoms with Gasteiger partial charge in [-0.25, -0.2) is 23.5 Å². The minimum absolute atomic E-state index is 0.0592. The molecule has 152 valence electrons. The van der Waals surface area contributed by atoms with Crippen molar-refractivity contribution in [2.45, 2.75) is 30.3 Å². The summed E-state index contributed by atoms with van der Waals surface area (Å²) in [6, 6.07) is 12.7. The molecule has 1 saturated heterocycles. The van der Waals surface area contributed by atoms with Gasteiger partial charge in [0.2, 0.25) is 16.0 Å². The molecule has 9 heteroatoms. The third kappa shape index (κ3) is 4.88. The van der Waals surface area contributed by atoms with E-state index in [0.29, 0.717) is 17.7 Å². The Balaban J connectivity index is 1.53. The molecule has 1 aliphatic heterocycles. The average molecular weight is 414 g/mol. The average Bonchev–Trinajstić information content (AvgIpc) is 2.73. The van der Waals surface area contributed by atoms with Crippen LogP contribution in [0.2, 0.25) is 0 Å². The van der Waals surface area contributed by atoms with Gasteiger partial charge in [-0.1, -0.05) is 18.2 Å². The number of nitrogens with one attached hydrogen (secondary N) is 2. The highest BCUT2D eigenvalue weighted by Crippen LogP contribution is 2.21. The van der Waals surface area contributed by atoms with Gasteiger partial charge in [-0.05, 0) is 42.7 Å². The molecule has 0 bridgehead atoms. The fourth-order valence-electron chi connectivity index (χ4n) is 3.33. The number of benzene rings is 2. The lowest BCUT2D eigenvalue weighted by Gasteiger charge is -2.23. The van der Waals surface area contributed by atoms with E-state index in [1.807, 2.05) is 12.1 Å². The van der Waals surface area contributed by atoms with Gasteiger partial charge in [0.1, 0.15) is 0 Å². The van der Waals surface area contributed by atoms with E-state index in [9.17, 15) is 8.42 Å². The predicted octanol–water partition coefficient (Wildman–Crippen LogP) is 2.29. The number of nitrogens with zero attached hydrogens (tertiary/aromatic N) is 2. The first-order valence-electron chi connectivity index (χ1n) is 9.45. The van der Waals surface area contributed by atoms with Crippen LogP contribution in [0.3, 0.4) is 0 Å². The van der Waals surface area contributed by atoms with Crippen molar-refractivity contribution in [1.29, 1.82) is 0 Å². The molecule has 0 spiro atoms. The molecule has 8 nitrogen and oxygen atoms in total. The number of fused-ring (bicyclic) bond motifs is 1. The van der Waals surface area contributed by atoms with E-state index in [0.717, 1.165) is 49.1 Å². The lowest BCUT2D eigenvalue weighted by Crippen LogP contribution is -2.34. The maximum absolute atomic E-state index is 11.4. The fourth-order valence-corrected chi connectivity index (χ4v) is 3.85. The topological polar surface area (TPSA) is 119 Å². The van der Waals surface area contributed by atoms with Gasteiger partial charge in [0, 0.05) is 43.1 Å². The molecule has 0 amide bonds. The zero-order valence-corrected chi connectivity index (χ0v) is 16.7. The predicted molar refractivity (Wildman–Crippen MR) is 111 cm³/mol. The van der Waals surface area contributed by atoms with Crippen LogP contribution >= 0.6 is 0 Å². The Morgan fingerprint density at radius 3 is 2.59 bits per heavy atom. The summed E-state index contributed by atoms with van der Waals surface area (Å²) in [5, 5.41) is 12.8. The summed E-state index contributed by atoms with van der Waals surface area (Å²) >= 11 is 0. The van der Waals surface area contributed by atoms with Crippen molar-refractivity contribution in [3.8, 4) is 0 Å². The zero-order chi connectivity index (χ0) is 20.3. The molecule has 0 atom stereocenters. The summed E-state index contributed by atoms with van der Waals surface area (Å²) in [4.78, 5) is 9.10. The molecule has 0 radical (unpaired) electrons. The smallest absolute Gasteiger partial charge is 0.238 e. The number of anilines is 2. The summed E-state index contributed by atoms with van der Waals surface area (Å²) in [6.07, 6.45) is 3.81. The van der Waals surface area contributed by atoms with Gasteiger partial charge in [0.25, 0.3) is 0 Å². The summed E-state index contributed by atoms with van der Waals surface area (Å²) in [5.74, 6) is 0.444. The number of rotatable bonds is 6. The summed E-state index contributed by atoms with van der Waals surface area (Å²) in [7, 11) is -3.72. The Morgan fingerprint density at radius 2 is 1.86 bits per heavy atom. The fraction of sp³-hybridized carbons (Fsp3) is 0.300. The molecule has 1 aromatic heterocycles. The van der Waals surface area contributed by atoms with Gasteiger partial charge >= 0.3 is 0 Å². The molecule has 29 heavy (non-hydrogen) atoms. The molecule has 0 unspecified atom stereocenters. The second-order valence-corrected chi connectivity index (χ2v) is 8.57. The van der Waals surface area contributed by atoms with Crippen LogP contribution in [0.1, 0.15) is 18.4 Å². The molecule has 1 aliphatic rings. The zero-order valence-electron chi connectivity index (χ0n) is 15.8. The Kier molecular flexibility index (Phi) is 5.72. The maximum Gasteiger partial charge on any atom is 0.238 e. The standard InChI is InChI=1S/C20H23N5O3S/c21-29(26,27)18-6-4-17(5-7-18)24-20-23-13-15-3-1-2-14(19(15)25-20)12-22-16-8-10-28-11-9-16/h1-7,13,16,22H,8-12H2,(H2,21,26,27)(H,23,24,25). The van der Waals surface area contributed by atoms with Gasteiger partial charge in [0.05, 0.1) is 10.4 Å². The lowest BCUT2D eigenvalue weighted by molar-refractivity contribution is 0.0776. The molecule has 4 N–H and O–H groups in total. The van der Waals surface area contributed by atoms with E-state index < -0.39 is 10.0 Å². The number of primary sulfonamides is 1. The van der Waals surface area contributed by atoms with Crippen LogP contribution in [-0.2, 0) is 21.3 Å². The van der Waals surface area contributed by atoms with Crippen LogP contribution in [0.4, 0.5) is 11.6 Å². The molecule has 0 saturated carbocycles. The van der Waals surface area contributed by atoms with Crippen LogP contribution in [0.15, 0.2) is 53.6 Å².